The third-order valence-corrected chi connectivity index (χ3v) is 6.34. The molecule has 0 bridgehead atoms. The molecule has 0 heterocycles. The van der Waals surface area contributed by atoms with E-state index in [0.29, 0.717) is 5.56 Å². The molecule has 150 valence electrons. The van der Waals surface area contributed by atoms with Crippen molar-refractivity contribution in [3.8, 4) is 5.75 Å². The van der Waals surface area contributed by atoms with E-state index in [1.165, 1.54) is 42.6 Å². The van der Waals surface area contributed by atoms with Gasteiger partial charge in [0.2, 0.25) is 0 Å². The van der Waals surface area contributed by atoms with Crippen LogP contribution in [-0.2, 0) is 20.1 Å². The van der Waals surface area contributed by atoms with Gasteiger partial charge in [0.05, 0.1) is 11.1 Å². The van der Waals surface area contributed by atoms with Gasteiger partial charge < -0.3 is 4.18 Å². The Bertz CT molecular complexity index is 1200. The van der Waals surface area contributed by atoms with Gasteiger partial charge >= 0.3 is 10.1 Å². The predicted octanol–water partition coefficient (Wildman–Crippen LogP) is 3.08. The van der Waals surface area contributed by atoms with Crippen LogP contribution in [0.25, 0.3) is 0 Å². The van der Waals surface area contributed by atoms with Gasteiger partial charge in [-0.3, -0.25) is 0 Å². The highest BCUT2D eigenvalue weighted by Crippen LogP contribution is 2.19. The minimum atomic E-state index is -3.94. The first-order valence-corrected chi connectivity index (χ1v) is 11.4. The van der Waals surface area contributed by atoms with E-state index < -0.39 is 20.1 Å². The Balaban J connectivity index is 1.66. The van der Waals surface area contributed by atoms with Gasteiger partial charge in [-0.15, -0.1) is 0 Å². The second-order valence-corrected chi connectivity index (χ2v) is 9.29. The van der Waals surface area contributed by atoms with Gasteiger partial charge in [-0.25, -0.2) is 4.83 Å². The van der Waals surface area contributed by atoms with Crippen LogP contribution in [-0.4, -0.2) is 23.1 Å². The van der Waals surface area contributed by atoms with Gasteiger partial charge in [0.15, 0.2) is 0 Å². The van der Waals surface area contributed by atoms with Crippen molar-refractivity contribution in [1.29, 1.82) is 0 Å². The zero-order valence-electron chi connectivity index (χ0n) is 15.4. The van der Waals surface area contributed by atoms with Crippen LogP contribution in [0.2, 0.25) is 0 Å². The molecule has 0 saturated carbocycles. The quantitative estimate of drug-likeness (QED) is 0.353. The zero-order valence-corrected chi connectivity index (χ0v) is 17.0. The Hall–Kier alpha value is -3.17. The van der Waals surface area contributed by atoms with E-state index >= 15 is 0 Å². The van der Waals surface area contributed by atoms with E-state index in [1.807, 2.05) is 6.92 Å². The van der Waals surface area contributed by atoms with Crippen molar-refractivity contribution in [2.24, 2.45) is 5.10 Å². The van der Waals surface area contributed by atoms with Crippen LogP contribution >= 0.6 is 0 Å². The van der Waals surface area contributed by atoms with E-state index in [1.54, 1.807) is 42.5 Å². The molecule has 9 heteroatoms. The maximum atomic E-state index is 12.3. The van der Waals surface area contributed by atoms with Gasteiger partial charge in [-0.1, -0.05) is 35.9 Å². The first-order chi connectivity index (χ1) is 13.8. The molecule has 3 aromatic carbocycles. The van der Waals surface area contributed by atoms with Crippen LogP contribution in [0.1, 0.15) is 11.1 Å². The molecule has 7 nitrogen and oxygen atoms in total. The number of hydrogen-bond donors (Lipinski definition) is 1. The third kappa shape index (κ3) is 5.43. The summed E-state index contributed by atoms with van der Waals surface area (Å²) >= 11 is 0. The molecule has 1 N–H and O–H groups in total. The number of nitrogens with zero attached hydrogens (tertiary/aromatic N) is 1. The summed E-state index contributed by atoms with van der Waals surface area (Å²) in [7, 11) is -7.68. The second kappa shape index (κ2) is 8.46. The minimum absolute atomic E-state index is 0.0593. The molecule has 0 aliphatic heterocycles. The number of benzene rings is 3. The lowest BCUT2D eigenvalue weighted by Crippen LogP contribution is -2.18. The van der Waals surface area contributed by atoms with E-state index in [4.69, 9.17) is 4.18 Å². The molecule has 0 aliphatic rings. The van der Waals surface area contributed by atoms with Crippen molar-refractivity contribution < 1.29 is 21.0 Å². The Labute approximate surface area is 169 Å². The lowest BCUT2D eigenvalue weighted by molar-refractivity contribution is 0.486. The lowest BCUT2D eigenvalue weighted by atomic mass is 10.2. The Morgan fingerprint density at radius 3 is 2.03 bits per heavy atom. The largest absolute Gasteiger partial charge is 0.379 e. The molecule has 0 unspecified atom stereocenters. The molecule has 0 aromatic heterocycles. The number of rotatable bonds is 7. The van der Waals surface area contributed by atoms with E-state index in [2.05, 4.69) is 9.93 Å². The van der Waals surface area contributed by atoms with Crippen LogP contribution in [0.4, 0.5) is 0 Å². The number of sulfonamides is 1. The van der Waals surface area contributed by atoms with Crippen molar-refractivity contribution in [3.63, 3.8) is 0 Å². The summed E-state index contributed by atoms with van der Waals surface area (Å²) in [6.45, 7) is 1.86. The molecule has 0 spiro atoms. The number of nitrogens with one attached hydrogen (secondary N) is 1. The van der Waals surface area contributed by atoms with Crippen molar-refractivity contribution in [2.45, 2.75) is 16.7 Å². The van der Waals surface area contributed by atoms with Crippen LogP contribution in [0.5, 0.6) is 5.75 Å². The summed E-state index contributed by atoms with van der Waals surface area (Å²) in [4.78, 5) is 2.28. The highest BCUT2D eigenvalue weighted by atomic mass is 32.2. The molecule has 0 atom stereocenters. The fraction of sp³-hybridized carbons (Fsp3) is 0.0500. The van der Waals surface area contributed by atoms with Crippen LogP contribution in [0.15, 0.2) is 93.8 Å². The molecular formula is C20H18N2O5S2. The minimum Gasteiger partial charge on any atom is -0.379 e. The van der Waals surface area contributed by atoms with Crippen LogP contribution < -0.4 is 9.01 Å². The van der Waals surface area contributed by atoms with Crippen molar-refractivity contribution in [2.75, 3.05) is 0 Å². The maximum absolute atomic E-state index is 12.3. The molecule has 3 rings (SSSR count). The standard InChI is InChI=1S/C20H18N2O5S2/c1-16-7-13-20(14-8-16)29(25,26)27-18-11-9-17(10-12-18)15-21-22-28(23,24)19-5-3-2-4-6-19/h2-15,22H,1H3/b21-15+. The number of hydrogen-bond acceptors (Lipinski definition) is 6. The fourth-order valence-electron chi connectivity index (χ4n) is 2.31. The van der Waals surface area contributed by atoms with Gasteiger partial charge in [0, 0.05) is 0 Å². The first kappa shape index (κ1) is 20.6. The molecular weight excluding hydrogens is 412 g/mol. The summed E-state index contributed by atoms with van der Waals surface area (Å²) < 4.78 is 53.8. The van der Waals surface area contributed by atoms with Gasteiger partial charge in [-0.05, 0) is 61.0 Å². The van der Waals surface area contributed by atoms with Crippen molar-refractivity contribution >= 4 is 26.4 Å². The Kier molecular flexibility index (Phi) is 6.00. The third-order valence-electron chi connectivity index (χ3n) is 3.84. The van der Waals surface area contributed by atoms with E-state index in [0.717, 1.165) is 5.56 Å². The second-order valence-electron chi connectivity index (χ2n) is 6.09. The maximum Gasteiger partial charge on any atom is 0.339 e. The Morgan fingerprint density at radius 2 is 1.41 bits per heavy atom. The molecule has 0 saturated heterocycles. The van der Waals surface area contributed by atoms with Crippen LogP contribution in [0.3, 0.4) is 0 Å². The number of hydrazone groups is 1. The normalized spacial score (nSPS) is 12.0. The van der Waals surface area contributed by atoms with E-state index in [9.17, 15) is 16.8 Å². The molecule has 0 fully saturated rings. The topological polar surface area (TPSA) is 102 Å². The SMILES string of the molecule is Cc1ccc(S(=O)(=O)Oc2ccc(/C=N/NS(=O)(=O)c3ccccc3)cc2)cc1. The van der Waals surface area contributed by atoms with Gasteiger partial charge in [-0.2, -0.15) is 21.9 Å². The highest BCUT2D eigenvalue weighted by Gasteiger charge is 2.16. The smallest absolute Gasteiger partial charge is 0.339 e. The molecule has 0 amide bonds. The predicted molar refractivity (Wildman–Crippen MR) is 110 cm³/mol. The van der Waals surface area contributed by atoms with Gasteiger partial charge in [0.1, 0.15) is 10.6 Å². The van der Waals surface area contributed by atoms with E-state index in [-0.39, 0.29) is 15.5 Å². The summed E-state index contributed by atoms with van der Waals surface area (Å²) in [5.74, 6) is 0.132. The fourth-order valence-corrected chi connectivity index (χ4v) is 4.05. The number of aryl methyl sites for hydroxylation is 1. The van der Waals surface area contributed by atoms with Crippen molar-refractivity contribution in [1.82, 2.24) is 4.83 Å². The Morgan fingerprint density at radius 1 is 0.793 bits per heavy atom. The summed E-state index contributed by atoms with van der Waals surface area (Å²) in [6.07, 6.45) is 1.30. The average Bonchev–Trinajstić information content (AvgIpc) is 2.70. The average molecular weight is 431 g/mol. The highest BCUT2D eigenvalue weighted by molar-refractivity contribution is 7.89. The summed E-state index contributed by atoms with van der Waals surface area (Å²) in [5, 5.41) is 3.73. The molecule has 0 aliphatic carbocycles. The van der Waals surface area contributed by atoms with Gasteiger partial charge in [0.25, 0.3) is 10.0 Å². The summed E-state index contributed by atoms with van der Waals surface area (Å²) in [6, 6.07) is 20.2. The molecule has 3 aromatic rings. The lowest BCUT2D eigenvalue weighted by Gasteiger charge is -2.07. The zero-order chi connectivity index (χ0) is 20.9. The first-order valence-electron chi connectivity index (χ1n) is 8.47. The van der Waals surface area contributed by atoms with Crippen LogP contribution in [0, 0.1) is 6.92 Å². The molecule has 29 heavy (non-hydrogen) atoms. The van der Waals surface area contributed by atoms with Crippen molar-refractivity contribution in [3.05, 3.63) is 90.0 Å². The monoisotopic (exact) mass is 430 g/mol. The summed E-state index contributed by atoms with van der Waals surface area (Å²) in [5.41, 5.74) is 1.50. The molecule has 0 radical (unpaired) electrons.